The first-order valence-corrected chi connectivity index (χ1v) is 8.92. The molecule has 3 aliphatic rings. The predicted octanol–water partition coefficient (Wildman–Crippen LogP) is 2.72. The first-order chi connectivity index (χ1) is 13.2. The molecule has 1 N–H and O–H groups in total. The summed E-state index contributed by atoms with van der Waals surface area (Å²) in [6, 6.07) is 4.72. The van der Waals surface area contributed by atoms with Gasteiger partial charge >= 0.3 is 6.36 Å². The van der Waals surface area contributed by atoms with Gasteiger partial charge in [-0.1, -0.05) is 12.2 Å². The third kappa shape index (κ3) is 3.36. The number of allylic oxidation sites excluding steroid dienone is 2. The number of nitrogens with one attached hydrogen (secondary N) is 1. The van der Waals surface area contributed by atoms with Crippen molar-refractivity contribution in [1.82, 2.24) is 4.90 Å². The highest BCUT2D eigenvalue weighted by Gasteiger charge is 2.59. The summed E-state index contributed by atoms with van der Waals surface area (Å²) in [7, 11) is 0. The molecule has 3 amide bonds. The van der Waals surface area contributed by atoms with Crippen LogP contribution in [-0.2, 0) is 14.4 Å². The van der Waals surface area contributed by atoms with Gasteiger partial charge in [0.25, 0.3) is 0 Å². The molecule has 1 aromatic carbocycles. The number of fused-ring (bicyclic) bond motifs is 5. The van der Waals surface area contributed by atoms with Crippen LogP contribution >= 0.6 is 0 Å². The third-order valence-electron chi connectivity index (χ3n) is 5.50. The van der Waals surface area contributed by atoms with E-state index in [0.717, 1.165) is 18.6 Å². The number of rotatable bonds is 5. The molecule has 1 saturated carbocycles. The summed E-state index contributed by atoms with van der Waals surface area (Å²) in [5.74, 6) is -1.64. The van der Waals surface area contributed by atoms with Crippen LogP contribution in [0.15, 0.2) is 36.4 Å². The lowest BCUT2D eigenvalue weighted by Crippen LogP contribution is -2.35. The van der Waals surface area contributed by atoms with E-state index in [1.54, 1.807) is 0 Å². The van der Waals surface area contributed by atoms with Crippen LogP contribution in [-0.4, -0.2) is 35.5 Å². The Morgan fingerprint density at radius 2 is 1.64 bits per heavy atom. The molecule has 148 valence electrons. The van der Waals surface area contributed by atoms with E-state index in [1.807, 2.05) is 12.2 Å². The summed E-state index contributed by atoms with van der Waals surface area (Å²) >= 11 is 0. The molecule has 0 unspecified atom stereocenters. The van der Waals surface area contributed by atoms with Crippen LogP contribution in [0, 0.1) is 23.7 Å². The lowest BCUT2D eigenvalue weighted by atomic mass is 9.85. The second-order valence-corrected chi connectivity index (χ2v) is 7.20. The Hall–Kier alpha value is -2.84. The van der Waals surface area contributed by atoms with Crippen LogP contribution in [0.3, 0.4) is 0 Å². The second kappa shape index (κ2) is 6.65. The Balaban J connectivity index is 1.30. The maximum atomic E-state index is 12.5. The number of nitrogens with zero attached hydrogens (tertiary/aromatic N) is 1. The monoisotopic (exact) mass is 394 g/mol. The van der Waals surface area contributed by atoms with Crippen LogP contribution in [0.5, 0.6) is 5.75 Å². The number of hydrogen-bond acceptors (Lipinski definition) is 4. The lowest BCUT2D eigenvalue weighted by Gasteiger charge is -2.17. The van der Waals surface area contributed by atoms with Gasteiger partial charge in [-0.15, -0.1) is 13.2 Å². The smallest absolute Gasteiger partial charge is 0.406 e. The van der Waals surface area contributed by atoms with E-state index in [1.165, 1.54) is 17.0 Å². The van der Waals surface area contributed by atoms with Gasteiger partial charge in [0.2, 0.25) is 17.7 Å². The fourth-order valence-electron chi connectivity index (χ4n) is 4.36. The first-order valence-electron chi connectivity index (χ1n) is 8.92. The molecular formula is C19H17F3N2O4. The van der Waals surface area contributed by atoms with Gasteiger partial charge in [0.1, 0.15) is 5.75 Å². The highest BCUT2D eigenvalue weighted by Crippen LogP contribution is 2.52. The largest absolute Gasteiger partial charge is 0.573 e. The van der Waals surface area contributed by atoms with E-state index < -0.39 is 18.0 Å². The maximum absolute atomic E-state index is 12.5. The van der Waals surface area contributed by atoms with Crippen molar-refractivity contribution in [2.24, 2.45) is 23.7 Å². The van der Waals surface area contributed by atoms with Crippen molar-refractivity contribution in [2.75, 3.05) is 11.9 Å². The quantitative estimate of drug-likeness (QED) is 0.616. The molecule has 9 heteroatoms. The van der Waals surface area contributed by atoms with E-state index in [9.17, 15) is 27.6 Å². The fourth-order valence-corrected chi connectivity index (χ4v) is 4.36. The summed E-state index contributed by atoms with van der Waals surface area (Å²) in [6.07, 6.45) is -0.0265. The van der Waals surface area contributed by atoms with Gasteiger partial charge in [0, 0.05) is 18.7 Å². The van der Waals surface area contributed by atoms with Crippen LogP contribution in [0.25, 0.3) is 0 Å². The Kier molecular flexibility index (Phi) is 4.40. The standard InChI is InChI=1S/C19H17F3N2O4/c20-19(21,22)28-13-5-3-12(4-6-13)23-14(25)7-8-24-17(26)15-10-1-2-11(9-10)16(15)18(24)27/h1-6,10-11,15-16H,7-9H2,(H,23,25)/t10-,11-,15-,16+/m0/s1. The molecule has 2 bridgehead atoms. The van der Waals surface area contributed by atoms with Crippen molar-refractivity contribution in [2.45, 2.75) is 19.2 Å². The zero-order chi connectivity index (χ0) is 20.1. The SMILES string of the molecule is O=C(CCN1C(=O)[C@@H]2[C@H](C1=O)[C@H]1C=C[C@H]2C1)Nc1ccc(OC(F)(F)F)cc1. The van der Waals surface area contributed by atoms with E-state index in [4.69, 9.17) is 0 Å². The van der Waals surface area contributed by atoms with Crippen molar-refractivity contribution >= 4 is 23.4 Å². The number of carbonyl (C=O) groups is 3. The van der Waals surface area contributed by atoms with E-state index in [0.29, 0.717) is 0 Å². The Bertz CT molecular complexity index is 820. The normalized spacial score (nSPS) is 28.0. The minimum absolute atomic E-state index is 0.00872. The molecular weight excluding hydrogens is 377 g/mol. The van der Waals surface area contributed by atoms with Crippen LogP contribution in [0.1, 0.15) is 12.8 Å². The molecule has 28 heavy (non-hydrogen) atoms. The number of halogens is 3. The number of amides is 3. The molecule has 2 aliphatic carbocycles. The Morgan fingerprint density at radius 1 is 1.07 bits per heavy atom. The molecule has 1 saturated heterocycles. The van der Waals surface area contributed by atoms with Crippen molar-refractivity contribution in [3.8, 4) is 5.75 Å². The molecule has 1 aliphatic heterocycles. The number of alkyl halides is 3. The highest BCUT2D eigenvalue weighted by atomic mass is 19.4. The van der Waals surface area contributed by atoms with Gasteiger partial charge in [-0.05, 0) is 42.5 Å². The van der Waals surface area contributed by atoms with Crippen LogP contribution in [0.2, 0.25) is 0 Å². The number of anilines is 1. The summed E-state index contributed by atoms with van der Waals surface area (Å²) in [5, 5.41) is 2.53. The molecule has 2 fully saturated rings. The molecule has 0 aromatic heterocycles. The number of hydrogen-bond donors (Lipinski definition) is 1. The topological polar surface area (TPSA) is 75.7 Å². The van der Waals surface area contributed by atoms with Crippen LogP contribution < -0.4 is 10.1 Å². The van der Waals surface area contributed by atoms with Gasteiger partial charge in [-0.3, -0.25) is 19.3 Å². The van der Waals surface area contributed by atoms with E-state index >= 15 is 0 Å². The average molecular weight is 394 g/mol. The number of likely N-dealkylation sites (tertiary alicyclic amines) is 1. The summed E-state index contributed by atoms with van der Waals surface area (Å²) in [6.45, 7) is -0.00872. The van der Waals surface area contributed by atoms with Gasteiger partial charge in [0.05, 0.1) is 11.8 Å². The average Bonchev–Trinajstić information content (AvgIpc) is 3.28. The minimum atomic E-state index is -4.78. The Labute approximate surface area is 158 Å². The van der Waals surface area contributed by atoms with Gasteiger partial charge in [0.15, 0.2) is 0 Å². The molecule has 1 heterocycles. The van der Waals surface area contributed by atoms with E-state index in [2.05, 4.69) is 10.1 Å². The minimum Gasteiger partial charge on any atom is -0.406 e. The van der Waals surface area contributed by atoms with Gasteiger partial charge in [-0.2, -0.15) is 0 Å². The zero-order valence-corrected chi connectivity index (χ0v) is 14.6. The summed E-state index contributed by atoms with van der Waals surface area (Å²) in [5.41, 5.74) is 0.290. The molecule has 0 radical (unpaired) electrons. The van der Waals surface area contributed by atoms with Gasteiger partial charge < -0.3 is 10.1 Å². The number of ether oxygens (including phenoxy) is 1. The highest BCUT2D eigenvalue weighted by molar-refractivity contribution is 6.06. The number of benzene rings is 1. The van der Waals surface area contributed by atoms with E-state index in [-0.39, 0.29) is 54.1 Å². The Morgan fingerprint density at radius 3 is 2.18 bits per heavy atom. The second-order valence-electron chi connectivity index (χ2n) is 7.20. The van der Waals surface area contributed by atoms with Crippen molar-refractivity contribution in [3.63, 3.8) is 0 Å². The number of carbonyl (C=O) groups excluding carboxylic acids is 3. The summed E-state index contributed by atoms with van der Waals surface area (Å²) < 4.78 is 40.2. The molecule has 6 nitrogen and oxygen atoms in total. The molecule has 4 rings (SSSR count). The fraction of sp³-hybridized carbons (Fsp3) is 0.421. The first kappa shape index (κ1) is 18.5. The lowest BCUT2D eigenvalue weighted by molar-refractivity contribution is -0.274. The summed E-state index contributed by atoms with van der Waals surface area (Å²) in [4.78, 5) is 38.4. The molecule has 4 atom stereocenters. The molecule has 1 aromatic rings. The molecule has 0 spiro atoms. The van der Waals surface area contributed by atoms with Crippen molar-refractivity contribution in [1.29, 1.82) is 0 Å². The number of imide groups is 1. The van der Waals surface area contributed by atoms with Gasteiger partial charge in [-0.25, -0.2) is 0 Å². The maximum Gasteiger partial charge on any atom is 0.573 e. The van der Waals surface area contributed by atoms with Crippen molar-refractivity contribution in [3.05, 3.63) is 36.4 Å². The van der Waals surface area contributed by atoms with Crippen LogP contribution in [0.4, 0.5) is 18.9 Å². The predicted molar refractivity (Wildman–Crippen MR) is 90.8 cm³/mol. The van der Waals surface area contributed by atoms with Crippen molar-refractivity contribution < 1.29 is 32.3 Å². The third-order valence-corrected chi connectivity index (χ3v) is 5.50. The zero-order valence-electron chi connectivity index (χ0n) is 14.6.